The van der Waals surface area contributed by atoms with Crippen LogP contribution in [0, 0.1) is 0 Å². The molecule has 0 spiro atoms. The van der Waals surface area contributed by atoms with Crippen molar-refractivity contribution in [2.75, 3.05) is 12.5 Å². The Hall–Kier alpha value is -2.53. The van der Waals surface area contributed by atoms with E-state index in [1.807, 2.05) is 0 Å². The van der Waals surface area contributed by atoms with Gasteiger partial charge < -0.3 is 14.9 Å². The van der Waals surface area contributed by atoms with Gasteiger partial charge in [0, 0.05) is 5.69 Å². The van der Waals surface area contributed by atoms with Crippen molar-refractivity contribution < 1.29 is 14.3 Å². The summed E-state index contributed by atoms with van der Waals surface area (Å²) in [6, 6.07) is 13.9. The van der Waals surface area contributed by atoms with Gasteiger partial charge in [0.25, 0.3) is 0 Å². The Labute approximate surface area is 110 Å². The molecule has 0 saturated carbocycles. The average molecular weight is 258 g/mol. The van der Waals surface area contributed by atoms with Gasteiger partial charge >= 0.3 is 5.97 Å². The highest BCUT2D eigenvalue weighted by atomic mass is 16.5. The second-order valence-electron chi connectivity index (χ2n) is 3.79. The molecule has 0 radical (unpaired) electrons. The summed E-state index contributed by atoms with van der Waals surface area (Å²) in [5.41, 5.74) is 3.82. The number of hydrogen-bond acceptors (Lipinski definition) is 5. The Bertz CT molecular complexity index is 550. The standard InChI is InChI=1S/C14H14N2O3/c1-18-14(17)10-2-6-12(7-3-10)19-13-8-4-11(16-15)5-9-13/h2-9,16H,15H2,1H3. The van der Waals surface area contributed by atoms with E-state index < -0.39 is 0 Å². The van der Waals surface area contributed by atoms with Crippen LogP contribution in [0.1, 0.15) is 10.4 Å². The SMILES string of the molecule is COC(=O)c1ccc(Oc2ccc(NN)cc2)cc1. The van der Waals surface area contributed by atoms with Crippen molar-refractivity contribution >= 4 is 11.7 Å². The van der Waals surface area contributed by atoms with Gasteiger partial charge in [0.2, 0.25) is 0 Å². The van der Waals surface area contributed by atoms with Crippen molar-refractivity contribution in [2.24, 2.45) is 5.84 Å². The maximum absolute atomic E-state index is 11.3. The molecule has 5 nitrogen and oxygen atoms in total. The lowest BCUT2D eigenvalue weighted by molar-refractivity contribution is 0.0600. The van der Waals surface area contributed by atoms with Gasteiger partial charge in [0.05, 0.1) is 12.7 Å². The molecule has 0 atom stereocenters. The molecule has 0 aromatic heterocycles. The minimum Gasteiger partial charge on any atom is -0.465 e. The fourth-order valence-electron chi connectivity index (χ4n) is 1.53. The molecule has 0 unspecified atom stereocenters. The van der Waals surface area contributed by atoms with E-state index in [0.29, 0.717) is 17.1 Å². The Morgan fingerprint density at radius 1 is 1.00 bits per heavy atom. The second-order valence-corrected chi connectivity index (χ2v) is 3.79. The largest absolute Gasteiger partial charge is 0.465 e. The van der Waals surface area contributed by atoms with Gasteiger partial charge in [-0.25, -0.2) is 4.79 Å². The maximum atomic E-state index is 11.3. The average Bonchev–Trinajstić information content (AvgIpc) is 2.48. The molecule has 3 N–H and O–H groups in total. The second kappa shape index (κ2) is 5.88. The highest BCUT2D eigenvalue weighted by Crippen LogP contribution is 2.23. The van der Waals surface area contributed by atoms with Crippen LogP contribution in [0.5, 0.6) is 11.5 Å². The van der Waals surface area contributed by atoms with Gasteiger partial charge in [0.1, 0.15) is 11.5 Å². The van der Waals surface area contributed by atoms with Crippen LogP contribution in [0.15, 0.2) is 48.5 Å². The predicted octanol–water partition coefficient (Wildman–Crippen LogP) is 2.55. The van der Waals surface area contributed by atoms with Crippen LogP contribution in [-0.2, 0) is 4.74 Å². The molecule has 2 aromatic rings. The topological polar surface area (TPSA) is 73.6 Å². The van der Waals surface area contributed by atoms with Crippen molar-refractivity contribution in [2.45, 2.75) is 0 Å². The monoisotopic (exact) mass is 258 g/mol. The Morgan fingerprint density at radius 2 is 1.53 bits per heavy atom. The molecule has 2 rings (SSSR count). The molecule has 19 heavy (non-hydrogen) atoms. The fraction of sp³-hybridized carbons (Fsp3) is 0.0714. The van der Waals surface area contributed by atoms with E-state index in [1.165, 1.54) is 7.11 Å². The zero-order valence-corrected chi connectivity index (χ0v) is 10.4. The number of nitrogen functional groups attached to an aromatic ring is 1. The summed E-state index contributed by atoms with van der Waals surface area (Å²) in [5.74, 6) is 6.23. The van der Waals surface area contributed by atoms with E-state index >= 15 is 0 Å². The molecule has 0 heterocycles. The quantitative estimate of drug-likeness (QED) is 0.501. The van der Waals surface area contributed by atoms with E-state index in [9.17, 15) is 4.79 Å². The Morgan fingerprint density at radius 3 is 2.00 bits per heavy atom. The smallest absolute Gasteiger partial charge is 0.337 e. The lowest BCUT2D eigenvalue weighted by atomic mass is 10.2. The number of hydrogen-bond donors (Lipinski definition) is 2. The zero-order valence-electron chi connectivity index (χ0n) is 10.4. The van der Waals surface area contributed by atoms with Crippen LogP contribution in [0.4, 0.5) is 5.69 Å². The summed E-state index contributed by atoms with van der Waals surface area (Å²) < 4.78 is 10.2. The molecular weight excluding hydrogens is 244 g/mol. The van der Waals surface area contributed by atoms with E-state index in [0.717, 1.165) is 5.69 Å². The third-order valence-corrected chi connectivity index (χ3v) is 2.53. The third-order valence-electron chi connectivity index (χ3n) is 2.53. The first-order valence-corrected chi connectivity index (χ1v) is 5.66. The number of carbonyl (C=O) groups excluding carboxylic acids is 1. The number of methoxy groups -OCH3 is 1. The summed E-state index contributed by atoms with van der Waals surface area (Å²) >= 11 is 0. The fourth-order valence-corrected chi connectivity index (χ4v) is 1.53. The minimum absolute atomic E-state index is 0.370. The summed E-state index contributed by atoms with van der Waals surface area (Å²) in [5, 5.41) is 0. The van der Waals surface area contributed by atoms with Crippen LogP contribution in [-0.4, -0.2) is 13.1 Å². The van der Waals surface area contributed by atoms with Gasteiger partial charge in [-0.15, -0.1) is 0 Å². The Kier molecular flexibility index (Phi) is 4.00. The van der Waals surface area contributed by atoms with Crippen LogP contribution in [0.25, 0.3) is 0 Å². The van der Waals surface area contributed by atoms with Crippen molar-refractivity contribution in [1.82, 2.24) is 0 Å². The lowest BCUT2D eigenvalue weighted by Gasteiger charge is -2.07. The van der Waals surface area contributed by atoms with Gasteiger partial charge in [-0.05, 0) is 48.5 Å². The number of nitrogens with two attached hydrogens (primary N) is 1. The summed E-state index contributed by atoms with van der Waals surface area (Å²) in [6.07, 6.45) is 0. The van der Waals surface area contributed by atoms with Crippen molar-refractivity contribution in [1.29, 1.82) is 0 Å². The van der Waals surface area contributed by atoms with Gasteiger partial charge in [-0.3, -0.25) is 5.84 Å². The number of benzene rings is 2. The van der Waals surface area contributed by atoms with Crippen LogP contribution >= 0.6 is 0 Å². The molecule has 0 amide bonds. The van der Waals surface area contributed by atoms with Crippen LogP contribution < -0.4 is 16.0 Å². The van der Waals surface area contributed by atoms with Gasteiger partial charge in [-0.2, -0.15) is 0 Å². The predicted molar refractivity (Wildman–Crippen MR) is 72.1 cm³/mol. The molecule has 5 heteroatoms. The van der Waals surface area contributed by atoms with Gasteiger partial charge in [-0.1, -0.05) is 0 Å². The highest BCUT2D eigenvalue weighted by molar-refractivity contribution is 5.89. The van der Waals surface area contributed by atoms with Crippen molar-refractivity contribution in [3.05, 3.63) is 54.1 Å². The number of rotatable bonds is 4. The molecule has 0 aliphatic heterocycles. The first-order chi connectivity index (χ1) is 9.22. The molecule has 2 aromatic carbocycles. The summed E-state index contributed by atoms with van der Waals surface area (Å²) in [4.78, 5) is 11.3. The molecule has 0 fully saturated rings. The molecule has 98 valence electrons. The first kappa shape index (κ1) is 12.9. The number of anilines is 1. The van der Waals surface area contributed by atoms with E-state index in [-0.39, 0.29) is 5.97 Å². The number of hydrazine groups is 1. The Balaban J connectivity index is 2.08. The normalized spacial score (nSPS) is 9.79. The maximum Gasteiger partial charge on any atom is 0.337 e. The van der Waals surface area contributed by atoms with Gasteiger partial charge in [0.15, 0.2) is 0 Å². The summed E-state index contributed by atoms with van der Waals surface area (Å²) in [6.45, 7) is 0. The van der Waals surface area contributed by atoms with Crippen molar-refractivity contribution in [3.8, 4) is 11.5 Å². The van der Waals surface area contributed by atoms with E-state index in [2.05, 4.69) is 10.2 Å². The van der Waals surface area contributed by atoms with Crippen LogP contribution in [0.3, 0.4) is 0 Å². The minimum atomic E-state index is -0.370. The van der Waals surface area contributed by atoms with E-state index in [1.54, 1.807) is 48.5 Å². The lowest BCUT2D eigenvalue weighted by Crippen LogP contribution is -2.05. The third kappa shape index (κ3) is 3.23. The molecule has 0 bridgehead atoms. The number of esters is 1. The molecular formula is C14H14N2O3. The molecule has 0 aliphatic rings. The zero-order chi connectivity index (χ0) is 13.7. The number of ether oxygens (including phenoxy) is 2. The van der Waals surface area contributed by atoms with E-state index in [4.69, 9.17) is 10.6 Å². The number of nitrogens with one attached hydrogen (secondary N) is 1. The number of carbonyl (C=O) groups is 1. The molecule has 0 aliphatic carbocycles. The highest BCUT2D eigenvalue weighted by Gasteiger charge is 2.05. The van der Waals surface area contributed by atoms with Crippen LogP contribution in [0.2, 0.25) is 0 Å². The molecule has 0 saturated heterocycles. The first-order valence-electron chi connectivity index (χ1n) is 5.66. The van der Waals surface area contributed by atoms with Crippen molar-refractivity contribution in [3.63, 3.8) is 0 Å². The summed E-state index contributed by atoms with van der Waals surface area (Å²) in [7, 11) is 1.35.